The Morgan fingerprint density at radius 1 is 1.00 bits per heavy atom. The van der Waals surface area contributed by atoms with Gasteiger partial charge in [0.25, 0.3) is 0 Å². The molecule has 0 bridgehead atoms. The lowest BCUT2D eigenvalue weighted by atomic mass is 10.0. The van der Waals surface area contributed by atoms with Crippen LogP contribution in [0.5, 0.6) is 0 Å². The molecule has 0 aliphatic carbocycles. The van der Waals surface area contributed by atoms with Crippen molar-refractivity contribution in [2.24, 2.45) is 5.92 Å². The highest BCUT2D eigenvalue weighted by molar-refractivity contribution is 4.76. The largest absolute Gasteiger partial charge is 0.317 e. The lowest BCUT2D eigenvalue weighted by molar-refractivity contribution is 0.452. The fourth-order valence-corrected chi connectivity index (χ4v) is 1.91. The monoisotopic (exact) mass is 184 g/mol. The van der Waals surface area contributed by atoms with E-state index in [9.17, 15) is 0 Å². The van der Waals surface area contributed by atoms with Gasteiger partial charge in [0.1, 0.15) is 0 Å². The molecule has 1 unspecified atom stereocenters. The smallest absolute Gasteiger partial charge is 0.00905 e. The van der Waals surface area contributed by atoms with Gasteiger partial charge >= 0.3 is 0 Å². The second-order valence-corrected chi connectivity index (χ2v) is 4.40. The third-order valence-electron chi connectivity index (χ3n) is 2.86. The molecule has 0 aromatic rings. The Morgan fingerprint density at radius 2 is 1.69 bits per heavy atom. The van der Waals surface area contributed by atoms with E-state index in [-0.39, 0.29) is 0 Å². The van der Waals surface area contributed by atoms with Gasteiger partial charge in [0.2, 0.25) is 0 Å². The van der Waals surface area contributed by atoms with Gasteiger partial charge in [0.05, 0.1) is 0 Å². The van der Waals surface area contributed by atoms with E-state index in [1.54, 1.807) is 0 Å². The Balaban J connectivity index is 0.000000145. The molecule has 0 saturated carbocycles. The molecule has 2 fully saturated rings. The molecule has 0 amide bonds. The minimum Gasteiger partial charge on any atom is -0.317 e. The molecule has 2 heteroatoms. The maximum absolute atomic E-state index is 3.46. The van der Waals surface area contributed by atoms with E-state index < -0.39 is 0 Å². The summed E-state index contributed by atoms with van der Waals surface area (Å²) in [6, 6.07) is 0.815. The molecule has 0 aromatic carbocycles. The molecule has 13 heavy (non-hydrogen) atoms. The standard InChI is InChI=1S/C7H15N.C4H9N/c1-6(2)7-4-3-5-8-7;1-2-4-5-3-1/h6-8H,3-5H2,1-2H3;5H,1-4H2. The Bertz CT molecular complexity index is 106. The van der Waals surface area contributed by atoms with Crippen molar-refractivity contribution in [3.63, 3.8) is 0 Å². The first-order chi connectivity index (χ1) is 6.30. The average molecular weight is 184 g/mol. The molecule has 2 aliphatic rings. The van der Waals surface area contributed by atoms with E-state index in [2.05, 4.69) is 24.5 Å². The average Bonchev–Trinajstić information content (AvgIpc) is 2.82. The van der Waals surface area contributed by atoms with Crippen molar-refractivity contribution in [2.75, 3.05) is 19.6 Å². The summed E-state index contributed by atoms with van der Waals surface area (Å²) in [6.45, 7) is 8.30. The number of nitrogens with one attached hydrogen (secondary N) is 2. The zero-order chi connectivity index (χ0) is 9.52. The third-order valence-corrected chi connectivity index (χ3v) is 2.86. The van der Waals surface area contributed by atoms with Crippen molar-refractivity contribution in [2.45, 2.75) is 45.6 Å². The Labute approximate surface area is 82.5 Å². The molecule has 2 saturated heterocycles. The van der Waals surface area contributed by atoms with E-state index in [1.807, 2.05) is 0 Å². The Hall–Kier alpha value is -0.0800. The van der Waals surface area contributed by atoms with Crippen LogP contribution < -0.4 is 10.6 Å². The summed E-state index contributed by atoms with van der Waals surface area (Å²) >= 11 is 0. The van der Waals surface area contributed by atoms with Crippen molar-refractivity contribution in [1.82, 2.24) is 10.6 Å². The molecular weight excluding hydrogens is 160 g/mol. The molecule has 0 spiro atoms. The quantitative estimate of drug-likeness (QED) is 0.649. The van der Waals surface area contributed by atoms with E-state index in [0.29, 0.717) is 0 Å². The summed E-state index contributed by atoms with van der Waals surface area (Å²) in [7, 11) is 0. The van der Waals surface area contributed by atoms with Crippen molar-refractivity contribution in [3.05, 3.63) is 0 Å². The highest BCUT2D eigenvalue weighted by Gasteiger charge is 2.16. The van der Waals surface area contributed by atoms with E-state index in [4.69, 9.17) is 0 Å². The third kappa shape index (κ3) is 4.63. The van der Waals surface area contributed by atoms with Crippen LogP contribution in [0.1, 0.15) is 39.5 Å². The van der Waals surface area contributed by atoms with Crippen LogP contribution in [-0.4, -0.2) is 25.7 Å². The molecule has 78 valence electrons. The van der Waals surface area contributed by atoms with Gasteiger partial charge < -0.3 is 10.6 Å². The first-order valence-electron chi connectivity index (χ1n) is 5.75. The van der Waals surface area contributed by atoms with Gasteiger partial charge in [-0.2, -0.15) is 0 Å². The number of rotatable bonds is 1. The van der Waals surface area contributed by atoms with Gasteiger partial charge in [-0.15, -0.1) is 0 Å². The number of hydrogen-bond acceptors (Lipinski definition) is 2. The van der Waals surface area contributed by atoms with E-state index in [1.165, 1.54) is 45.3 Å². The summed E-state index contributed by atoms with van der Waals surface area (Å²) in [5, 5.41) is 6.68. The molecule has 0 radical (unpaired) electrons. The zero-order valence-corrected chi connectivity index (χ0v) is 9.10. The predicted octanol–water partition coefficient (Wildman–Crippen LogP) is 1.76. The van der Waals surface area contributed by atoms with Gasteiger partial charge in [0.15, 0.2) is 0 Å². The molecule has 2 N–H and O–H groups in total. The van der Waals surface area contributed by atoms with Crippen molar-refractivity contribution in [1.29, 1.82) is 0 Å². The lowest BCUT2D eigenvalue weighted by Gasteiger charge is -2.12. The summed E-state index contributed by atoms with van der Waals surface area (Å²) in [6.07, 6.45) is 5.54. The van der Waals surface area contributed by atoms with Crippen LogP contribution >= 0.6 is 0 Å². The molecule has 2 heterocycles. The zero-order valence-electron chi connectivity index (χ0n) is 9.10. The van der Waals surface area contributed by atoms with Crippen LogP contribution in [0.4, 0.5) is 0 Å². The fourth-order valence-electron chi connectivity index (χ4n) is 1.91. The number of hydrogen-bond donors (Lipinski definition) is 2. The highest BCUT2D eigenvalue weighted by Crippen LogP contribution is 2.12. The van der Waals surface area contributed by atoms with Gasteiger partial charge in [-0.3, -0.25) is 0 Å². The minimum atomic E-state index is 0.815. The second-order valence-electron chi connectivity index (χ2n) is 4.40. The normalized spacial score (nSPS) is 27.5. The van der Waals surface area contributed by atoms with Crippen LogP contribution in [0.2, 0.25) is 0 Å². The van der Waals surface area contributed by atoms with Gasteiger partial charge in [-0.05, 0) is 51.2 Å². The summed E-state index contributed by atoms with van der Waals surface area (Å²) in [5.41, 5.74) is 0. The summed E-state index contributed by atoms with van der Waals surface area (Å²) in [5.74, 6) is 0.831. The van der Waals surface area contributed by atoms with Crippen LogP contribution in [0.25, 0.3) is 0 Å². The van der Waals surface area contributed by atoms with Crippen LogP contribution in [0.15, 0.2) is 0 Å². The summed E-state index contributed by atoms with van der Waals surface area (Å²) in [4.78, 5) is 0. The minimum absolute atomic E-state index is 0.815. The molecular formula is C11H24N2. The van der Waals surface area contributed by atoms with E-state index in [0.717, 1.165) is 12.0 Å². The van der Waals surface area contributed by atoms with Gasteiger partial charge in [0, 0.05) is 6.04 Å². The SMILES string of the molecule is C1CCNC1.CC(C)C1CCCN1. The fraction of sp³-hybridized carbons (Fsp3) is 1.00. The lowest BCUT2D eigenvalue weighted by Crippen LogP contribution is -2.26. The van der Waals surface area contributed by atoms with Crippen LogP contribution in [0.3, 0.4) is 0 Å². The predicted molar refractivity (Wildman–Crippen MR) is 58.0 cm³/mol. The van der Waals surface area contributed by atoms with Crippen molar-refractivity contribution in [3.8, 4) is 0 Å². The van der Waals surface area contributed by atoms with Crippen molar-refractivity contribution < 1.29 is 0 Å². The maximum Gasteiger partial charge on any atom is 0.00905 e. The first kappa shape index (κ1) is 11.0. The Morgan fingerprint density at radius 3 is 1.92 bits per heavy atom. The van der Waals surface area contributed by atoms with Gasteiger partial charge in [-0.1, -0.05) is 13.8 Å². The topological polar surface area (TPSA) is 24.1 Å². The maximum atomic E-state index is 3.46. The van der Waals surface area contributed by atoms with E-state index >= 15 is 0 Å². The molecule has 2 nitrogen and oxygen atoms in total. The molecule has 2 aliphatic heterocycles. The van der Waals surface area contributed by atoms with Crippen LogP contribution in [-0.2, 0) is 0 Å². The highest BCUT2D eigenvalue weighted by atomic mass is 14.9. The van der Waals surface area contributed by atoms with Crippen LogP contribution in [0, 0.1) is 5.92 Å². The second kappa shape index (κ2) is 6.39. The molecule has 2 rings (SSSR count). The van der Waals surface area contributed by atoms with Crippen molar-refractivity contribution >= 4 is 0 Å². The molecule has 0 aromatic heterocycles. The Kier molecular flexibility index (Phi) is 5.40. The summed E-state index contributed by atoms with van der Waals surface area (Å²) < 4.78 is 0. The molecule has 1 atom stereocenters. The first-order valence-corrected chi connectivity index (χ1v) is 5.75. The van der Waals surface area contributed by atoms with Gasteiger partial charge in [-0.25, -0.2) is 0 Å².